The van der Waals surface area contributed by atoms with Gasteiger partial charge in [0.1, 0.15) is 28.8 Å². The van der Waals surface area contributed by atoms with Crippen LogP contribution in [-0.2, 0) is 20.4 Å². The van der Waals surface area contributed by atoms with Crippen molar-refractivity contribution in [2.75, 3.05) is 6.61 Å². The Kier molecular flexibility index (Phi) is 6.43. The van der Waals surface area contributed by atoms with Gasteiger partial charge < -0.3 is 14.2 Å². The highest BCUT2D eigenvalue weighted by molar-refractivity contribution is 14.1. The average molecular weight is 543 g/mol. The number of ether oxygens (including phenoxy) is 3. The summed E-state index contributed by atoms with van der Waals surface area (Å²) in [6.45, 7) is 3.87. The lowest BCUT2D eigenvalue weighted by molar-refractivity contribution is -0.150. The van der Waals surface area contributed by atoms with E-state index in [2.05, 4.69) is 22.6 Å². The molecule has 0 N–H and O–H groups in total. The van der Waals surface area contributed by atoms with E-state index >= 15 is 0 Å². The molecule has 3 rings (SSSR count). The zero-order chi connectivity index (χ0) is 21.4. The zero-order valence-electron chi connectivity index (χ0n) is 15.7. The number of allylic oxidation sites excluding steroid dienone is 3. The van der Waals surface area contributed by atoms with Crippen LogP contribution in [-0.4, -0.2) is 22.6 Å². The van der Waals surface area contributed by atoms with Gasteiger partial charge in [0.2, 0.25) is 0 Å². The normalized spacial score (nSPS) is 26.3. The van der Waals surface area contributed by atoms with Crippen molar-refractivity contribution in [3.63, 3.8) is 0 Å². The van der Waals surface area contributed by atoms with Gasteiger partial charge in [-0.1, -0.05) is 34.2 Å². The Hall–Kier alpha value is -1.42. The Morgan fingerprint density at radius 3 is 2.72 bits per heavy atom. The van der Waals surface area contributed by atoms with Crippen LogP contribution in [0.5, 0.6) is 5.75 Å². The summed E-state index contributed by atoms with van der Waals surface area (Å²) in [5, 5.41) is -0.133. The first-order valence-electron chi connectivity index (χ1n) is 9.00. The largest absolute Gasteiger partial charge is 0.492 e. The average Bonchev–Trinajstić information content (AvgIpc) is 3.17. The molecule has 0 amide bonds. The van der Waals surface area contributed by atoms with E-state index in [1.54, 1.807) is 19.1 Å². The number of esters is 1. The molecule has 1 aromatic carbocycles. The van der Waals surface area contributed by atoms with E-state index in [0.717, 1.165) is 12.1 Å². The number of alkyl halides is 4. The first-order chi connectivity index (χ1) is 13.6. The van der Waals surface area contributed by atoms with Gasteiger partial charge in [-0.15, -0.1) is 0 Å². The quantitative estimate of drug-likeness (QED) is 0.249. The van der Waals surface area contributed by atoms with Crippen molar-refractivity contribution in [2.45, 2.75) is 42.9 Å². The number of hydrogen-bond donors (Lipinski definition) is 0. The third kappa shape index (κ3) is 4.68. The Morgan fingerprint density at radius 2 is 2.10 bits per heavy atom. The molecular weight excluding hydrogens is 524 g/mol. The predicted octanol–water partition coefficient (Wildman–Crippen LogP) is 6.07. The number of hydrogen-bond acceptors (Lipinski definition) is 4. The second-order valence-corrected chi connectivity index (χ2v) is 8.69. The summed E-state index contributed by atoms with van der Waals surface area (Å²) in [7, 11) is 0. The first kappa shape index (κ1) is 22.3. The number of carbonyl (C=O) groups is 1. The highest BCUT2D eigenvalue weighted by atomic mass is 127. The minimum absolute atomic E-state index is 0.0142. The molecule has 9 heteroatoms. The first-order valence-corrected chi connectivity index (χ1v) is 10.6. The summed E-state index contributed by atoms with van der Waals surface area (Å²) in [6, 6.07) is 2.94. The molecule has 158 valence electrons. The second kappa shape index (κ2) is 8.37. The van der Waals surface area contributed by atoms with E-state index in [-0.39, 0.29) is 26.8 Å². The SMILES string of the molecule is CCOC(=O)C1(C)[C@H](OC2=CC(Oc3ccc(C(F)(F)F)cc3Cl)=CCC2)[C@@H]1I. The highest BCUT2D eigenvalue weighted by Crippen LogP contribution is 2.55. The maximum atomic E-state index is 12.8. The molecule has 0 spiro atoms. The van der Waals surface area contributed by atoms with Gasteiger partial charge in [0.05, 0.1) is 21.1 Å². The van der Waals surface area contributed by atoms with E-state index in [1.807, 2.05) is 6.92 Å². The van der Waals surface area contributed by atoms with Crippen molar-refractivity contribution >= 4 is 40.2 Å². The third-order valence-electron chi connectivity index (χ3n) is 4.84. The molecule has 1 saturated carbocycles. The molecule has 0 aromatic heterocycles. The van der Waals surface area contributed by atoms with Gasteiger partial charge in [0.15, 0.2) is 0 Å². The molecule has 1 unspecified atom stereocenters. The van der Waals surface area contributed by atoms with E-state index in [9.17, 15) is 18.0 Å². The number of benzene rings is 1. The Labute approximate surface area is 185 Å². The topological polar surface area (TPSA) is 44.8 Å². The van der Waals surface area contributed by atoms with Crippen LogP contribution in [0.2, 0.25) is 5.02 Å². The van der Waals surface area contributed by atoms with Gasteiger partial charge in [0.25, 0.3) is 0 Å². The fourth-order valence-corrected chi connectivity index (χ4v) is 4.49. The van der Waals surface area contributed by atoms with Gasteiger partial charge in [-0.3, -0.25) is 4.79 Å². The molecule has 0 bridgehead atoms. The minimum atomic E-state index is -4.47. The molecule has 2 aliphatic rings. The lowest BCUT2D eigenvalue weighted by Crippen LogP contribution is -2.21. The minimum Gasteiger partial charge on any atom is -0.492 e. The van der Waals surface area contributed by atoms with Crippen LogP contribution in [0.25, 0.3) is 0 Å². The Balaban J connectivity index is 1.68. The van der Waals surface area contributed by atoms with Crippen molar-refractivity contribution in [3.8, 4) is 5.75 Å². The molecule has 1 aromatic rings. The van der Waals surface area contributed by atoms with Gasteiger partial charge in [-0.25, -0.2) is 0 Å². The fraction of sp³-hybridized carbons (Fsp3) is 0.450. The van der Waals surface area contributed by atoms with Crippen molar-refractivity contribution in [1.82, 2.24) is 0 Å². The monoisotopic (exact) mass is 542 g/mol. The van der Waals surface area contributed by atoms with Crippen LogP contribution in [0, 0.1) is 5.41 Å². The summed E-state index contributed by atoms with van der Waals surface area (Å²) in [4.78, 5) is 12.2. The second-order valence-electron chi connectivity index (χ2n) is 6.94. The van der Waals surface area contributed by atoms with Gasteiger partial charge in [-0.2, -0.15) is 13.2 Å². The Morgan fingerprint density at radius 1 is 1.38 bits per heavy atom. The van der Waals surface area contributed by atoms with Crippen LogP contribution in [0.4, 0.5) is 13.2 Å². The number of halogens is 5. The molecule has 29 heavy (non-hydrogen) atoms. The molecule has 0 heterocycles. The maximum absolute atomic E-state index is 12.8. The summed E-state index contributed by atoms with van der Waals surface area (Å²) < 4.78 is 55.1. The van der Waals surface area contributed by atoms with E-state index in [4.69, 9.17) is 25.8 Å². The standard InChI is InChI=1S/C20H19ClF3IO4/c1-3-27-18(26)19(2)16(25)17(19)29-13-6-4-5-12(10-13)28-15-8-7-11(9-14(15)21)20(22,23)24/h5,7-10,16-17H,3-4,6H2,1-2H3/t16-,17+,19?/m0/s1. The van der Waals surface area contributed by atoms with E-state index < -0.39 is 17.2 Å². The lowest BCUT2D eigenvalue weighted by atomic mass is 10.1. The molecule has 0 saturated heterocycles. The van der Waals surface area contributed by atoms with Crippen molar-refractivity contribution < 1.29 is 32.2 Å². The van der Waals surface area contributed by atoms with Gasteiger partial charge in [0, 0.05) is 12.5 Å². The predicted molar refractivity (Wildman–Crippen MR) is 110 cm³/mol. The zero-order valence-corrected chi connectivity index (χ0v) is 18.6. The van der Waals surface area contributed by atoms with E-state index in [0.29, 0.717) is 31.0 Å². The Bertz CT molecular complexity index is 868. The van der Waals surface area contributed by atoms with Gasteiger partial charge >= 0.3 is 12.1 Å². The molecule has 3 atom stereocenters. The molecule has 2 aliphatic carbocycles. The maximum Gasteiger partial charge on any atom is 0.416 e. The van der Waals surface area contributed by atoms with Crippen molar-refractivity contribution in [2.24, 2.45) is 5.41 Å². The van der Waals surface area contributed by atoms with E-state index in [1.165, 1.54) is 6.07 Å². The van der Waals surface area contributed by atoms with Crippen LogP contribution < -0.4 is 4.74 Å². The summed E-state index contributed by atoms with van der Waals surface area (Å²) >= 11 is 8.13. The lowest BCUT2D eigenvalue weighted by Gasteiger charge is -2.18. The van der Waals surface area contributed by atoms with Crippen LogP contribution in [0.1, 0.15) is 32.3 Å². The molecule has 0 aliphatic heterocycles. The summed E-state index contributed by atoms with van der Waals surface area (Å²) in [5.74, 6) is 0.906. The smallest absolute Gasteiger partial charge is 0.416 e. The molecule has 4 nitrogen and oxygen atoms in total. The van der Waals surface area contributed by atoms with Gasteiger partial charge in [-0.05, 0) is 44.5 Å². The number of rotatable bonds is 6. The number of carbonyl (C=O) groups excluding carboxylic acids is 1. The molecule has 0 radical (unpaired) electrons. The van der Waals surface area contributed by atoms with Crippen molar-refractivity contribution in [1.29, 1.82) is 0 Å². The summed E-state index contributed by atoms with van der Waals surface area (Å²) in [6.07, 6.45) is -0.0353. The fourth-order valence-electron chi connectivity index (χ4n) is 2.98. The highest BCUT2D eigenvalue weighted by Gasteiger charge is 2.69. The van der Waals surface area contributed by atoms with Crippen LogP contribution >= 0.6 is 34.2 Å². The third-order valence-corrected chi connectivity index (χ3v) is 7.08. The summed E-state index contributed by atoms with van der Waals surface area (Å²) in [5.41, 5.74) is -1.54. The molecular formula is C20H19ClF3IO4. The molecule has 1 fully saturated rings. The van der Waals surface area contributed by atoms with Crippen LogP contribution in [0.3, 0.4) is 0 Å². The van der Waals surface area contributed by atoms with Crippen molar-refractivity contribution in [3.05, 3.63) is 52.5 Å². The van der Waals surface area contributed by atoms with Crippen LogP contribution in [0.15, 0.2) is 41.9 Å².